The van der Waals surface area contributed by atoms with Crippen molar-refractivity contribution < 1.29 is 8.83 Å². The molecule has 0 saturated carbocycles. The van der Waals surface area contributed by atoms with Crippen LogP contribution in [0.3, 0.4) is 0 Å². The van der Waals surface area contributed by atoms with Gasteiger partial charge in [-0.3, -0.25) is 0 Å². The van der Waals surface area contributed by atoms with E-state index in [-0.39, 0.29) is 5.41 Å². The van der Waals surface area contributed by atoms with Crippen LogP contribution < -0.4 is 0 Å². The fraction of sp³-hybridized carbons (Fsp3) is 0.0492. The molecule has 65 heavy (non-hydrogen) atoms. The van der Waals surface area contributed by atoms with Crippen LogP contribution in [0, 0.1) is 0 Å². The lowest BCUT2D eigenvalue weighted by molar-refractivity contribution is 0.660. The van der Waals surface area contributed by atoms with Crippen LogP contribution in [0.4, 0.5) is 0 Å². The maximum absolute atomic E-state index is 6.23. The molecule has 3 aromatic heterocycles. The van der Waals surface area contributed by atoms with Crippen LogP contribution in [-0.4, -0.2) is 9.97 Å². The summed E-state index contributed by atoms with van der Waals surface area (Å²) in [5.74, 6) is 0.701. The first-order valence-electron chi connectivity index (χ1n) is 22.2. The van der Waals surface area contributed by atoms with Crippen LogP contribution in [0.15, 0.2) is 215 Å². The third-order valence-electron chi connectivity index (χ3n) is 13.5. The zero-order valence-corrected chi connectivity index (χ0v) is 35.8. The summed E-state index contributed by atoms with van der Waals surface area (Å²) in [6.45, 7) is 4.64. The normalized spacial score (nSPS) is 12.9. The highest BCUT2D eigenvalue weighted by Crippen LogP contribution is 2.49. The van der Waals surface area contributed by atoms with Gasteiger partial charge in [0.05, 0.1) is 11.4 Å². The minimum absolute atomic E-state index is 0.117. The van der Waals surface area contributed by atoms with E-state index >= 15 is 0 Å². The van der Waals surface area contributed by atoms with Gasteiger partial charge in [-0.15, -0.1) is 0 Å². The molecule has 9 aromatic carbocycles. The number of hydrogen-bond donors (Lipinski definition) is 0. The Morgan fingerprint density at radius 2 is 0.785 bits per heavy atom. The van der Waals surface area contributed by atoms with Gasteiger partial charge in [0.2, 0.25) is 0 Å². The second kappa shape index (κ2) is 14.3. The highest BCUT2D eigenvalue weighted by Gasteiger charge is 2.35. The van der Waals surface area contributed by atoms with Crippen molar-refractivity contribution in [2.45, 2.75) is 19.3 Å². The third-order valence-corrected chi connectivity index (χ3v) is 13.5. The number of rotatable bonds is 6. The van der Waals surface area contributed by atoms with Crippen molar-refractivity contribution in [2.24, 2.45) is 0 Å². The first kappa shape index (κ1) is 37.2. The Morgan fingerprint density at radius 3 is 1.43 bits per heavy atom. The van der Waals surface area contributed by atoms with Gasteiger partial charge in [0, 0.05) is 43.7 Å². The fourth-order valence-electron chi connectivity index (χ4n) is 10.1. The molecule has 12 aromatic rings. The Balaban J connectivity index is 0.929. The van der Waals surface area contributed by atoms with E-state index in [9.17, 15) is 0 Å². The van der Waals surface area contributed by atoms with Crippen molar-refractivity contribution in [1.82, 2.24) is 9.97 Å². The molecule has 306 valence electrons. The van der Waals surface area contributed by atoms with Crippen LogP contribution >= 0.6 is 0 Å². The molecule has 0 radical (unpaired) electrons. The quantitative estimate of drug-likeness (QED) is 0.167. The number of furan rings is 2. The van der Waals surface area contributed by atoms with Crippen LogP contribution in [-0.2, 0) is 5.41 Å². The molecule has 0 saturated heterocycles. The zero-order valence-electron chi connectivity index (χ0n) is 35.8. The fourth-order valence-corrected chi connectivity index (χ4v) is 10.1. The molecular weight excluding hydrogens is 793 g/mol. The Kier molecular flexibility index (Phi) is 8.22. The average Bonchev–Trinajstić information content (AvgIpc) is 4.00. The van der Waals surface area contributed by atoms with Gasteiger partial charge in [0.25, 0.3) is 0 Å². The van der Waals surface area contributed by atoms with E-state index in [1.54, 1.807) is 0 Å². The summed E-state index contributed by atoms with van der Waals surface area (Å²) in [5, 5.41) is 4.44. The van der Waals surface area contributed by atoms with E-state index in [2.05, 4.69) is 178 Å². The maximum atomic E-state index is 6.23. The Bertz CT molecular complexity index is 3720. The molecule has 4 nitrogen and oxygen atoms in total. The smallest absolute Gasteiger partial charge is 0.160 e. The maximum Gasteiger partial charge on any atom is 0.160 e. The predicted molar refractivity (Wildman–Crippen MR) is 267 cm³/mol. The molecule has 0 fully saturated rings. The summed E-state index contributed by atoms with van der Waals surface area (Å²) in [7, 11) is 0. The summed E-state index contributed by atoms with van der Waals surface area (Å²) in [4.78, 5) is 10.4. The lowest BCUT2D eigenvalue weighted by atomic mass is 9.82. The number of nitrogens with zero attached hydrogens (tertiary/aromatic N) is 2. The minimum Gasteiger partial charge on any atom is -0.456 e. The molecule has 0 N–H and O–H groups in total. The third kappa shape index (κ3) is 6.13. The molecule has 0 spiro atoms. The largest absolute Gasteiger partial charge is 0.456 e. The predicted octanol–water partition coefficient (Wildman–Crippen LogP) is 16.6. The molecule has 4 heteroatoms. The molecule has 1 aliphatic carbocycles. The van der Waals surface area contributed by atoms with Gasteiger partial charge in [0.15, 0.2) is 5.82 Å². The lowest BCUT2D eigenvalue weighted by Gasteiger charge is -2.22. The average molecular weight is 833 g/mol. The number of hydrogen-bond acceptors (Lipinski definition) is 4. The molecule has 0 unspecified atom stereocenters. The van der Waals surface area contributed by atoms with Crippen molar-refractivity contribution in [3.05, 3.63) is 217 Å². The highest BCUT2D eigenvalue weighted by molar-refractivity contribution is 6.08. The first-order valence-corrected chi connectivity index (χ1v) is 22.2. The van der Waals surface area contributed by atoms with E-state index < -0.39 is 0 Å². The molecule has 3 heterocycles. The van der Waals surface area contributed by atoms with Crippen molar-refractivity contribution in [2.75, 3.05) is 0 Å². The van der Waals surface area contributed by atoms with Gasteiger partial charge in [0.1, 0.15) is 22.3 Å². The van der Waals surface area contributed by atoms with Gasteiger partial charge in [-0.25, -0.2) is 9.97 Å². The van der Waals surface area contributed by atoms with Crippen molar-refractivity contribution in [1.29, 1.82) is 0 Å². The molecule has 1 aliphatic rings. The Morgan fingerprint density at radius 1 is 0.308 bits per heavy atom. The Hall–Kier alpha value is -8.34. The van der Waals surface area contributed by atoms with E-state index in [0.717, 1.165) is 105 Å². The highest BCUT2D eigenvalue weighted by atomic mass is 16.3. The van der Waals surface area contributed by atoms with Crippen molar-refractivity contribution in [3.63, 3.8) is 0 Å². The number of fused-ring (bicyclic) bond motifs is 9. The van der Waals surface area contributed by atoms with Gasteiger partial charge >= 0.3 is 0 Å². The molecule has 0 atom stereocenters. The van der Waals surface area contributed by atoms with Crippen molar-refractivity contribution >= 4 is 43.9 Å². The zero-order chi connectivity index (χ0) is 43.2. The number of aromatic nitrogens is 2. The van der Waals surface area contributed by atoms with Gasteiger partial charge in [-0.1, -0.05) is 153 Å². The second-order valence-corrected chi connectivity index (χ2v) is 17.8. The van der Waals surface area contributed by atoms with Gasteiger partial charge in [-0.2, -0.15) is 0 Å². The van der Waals surface area contributed by atoms with E-state index in [1.807, 2.05) is 42.5 Å². The molecule has 0 amide bonds. The summed E-state index contributed by atoms with van der Waals surface area (Å²) in [5.41, 5.74) is 20.3. The first-order chi connectivity index (χ1) is 31.9. The molecular formula is C61H40N2O2. The van der Waals surface area contributed by atoms with E-state index in [1.165, 1.54) is 22.3 Å². The van der Waals surface area contributed by atoms with Crippen LogP contribution in [0.5, 0.6) is 0 Å². The van der Waals surface area contributed by atoms with Gasteiger partial charge < -0.3 is 8.83 Å². The standard InChI is InChI=1S/C61H40N2O2/c1-61(2)52-17-9-6-14-46(52)47-27-24-42(35-53(47)61)55-36-54(62-60(63-55)39-12-4-3-5-13-39)38-22-20-37(21-23-38)43-30-44(40-25-28-58-50(33-40)48-15-7-10-18-56(48)64-58)32-45(31-43)41-26-29-59-51(34-41)49-16-8-11-19-57(49)65-59/h3-36H,1-2H3. The monoisotopic (exact) mass is 832 g/mol. The number of benzene rings is 9. The molecule has 13 rings (SSSR count). The second-order valence-electron chi connectivity index (χ2n) is 17.8. The van der Waals surface area contributed by atoms with Crippen LogP contribution in [0.2, 0.25) is 0 Å². The SMILES string of the molecule is CC1(C)c2ccccc2-c2ccc(-c3cc(-c4ccc(-c5cc(-c6ccc7oc8ccccc8c7c6)cc(-c6ccc7oc8ccccc8c7c6)c5)cc4)nc(-c4ccccc4)n3)cc21. The van der Waals surface area contributed by atoms with Crippen LogP contribution in [0.1, 0.15) is 25.0 Å². The molecule has 0 aliphatic heterocycles. The molecule has 0 bridgehead atoms. The number of para-hydroxylation sites is 2. The van der Waals surface area contributed by atoms with Crippen LogP contribution in [0.25, 0.3) is 122 Å². The summed E-state index contributed by atoms with van der Waals surface area (Å²) in [6.07, 6.45) is 0. The lowest BCUT2D eigenvalue weighted by Crippen LogP contribution is -2.14. The van der Waals surface area contributed by atoms with Gasteiger partial charge in [-0.05, 0) is 122 Å². The minimum atomic E-state index is -0.117. The Labute approximate surface area is 376 Å². The topological polar surface area (TPSA) is 52.1 Å². The van der Waals surface area contributed by atoms with E-state index in [0.29, 0.717) is 5.82 Å². The van der Waals surface area contributed by atoms with Crippen molar-refractivity contribution in [3.8, 4) is 78.4 Å². The summed E-state index contributed by atoms with van der Waals surface area (Å²) in [6, 6.07) is 73.3. The summed E-state index contributed by atoms with van der Waals surface area (Å²) >= 11 is 0. The van der Waals surface area contributed by atoms with E-state index in [4.69, 9.17) is 18.8 Å². The summed E-state index contributed by atoms with van der Waals surface area (Å²) < 4.78 is 12.5.